The molecule has 2 rings (SSSR count). The zero-order valence-electron chi connectivity index (χ0n) is 19.0. The van der Waals surface area contributed by atoms with Crippen LogP contribution in [0, 0.1) is 0 Å². The zero-order chi connectivity index (χ0) is 23.9. The minimum absolute atomic E-state index is 0.0569. The first kappa shape index (κ1) is 26.0. The van der Waals surface area contributed by atoms with Crippen LogP contribution in [0.5, 0.6) is 0 Å². The van der Waals surface area contributed by atoms with E-state index in [-0.39, 0.29) is 19.6 Å². The van der Waals surface area contributed by atoms with Gasteiger partial charge in [0.05, 0.1) is 20.1 Å². The number of rotatable bonds is 14. The van der Waals surface area contributed by atoms with E-state index in [1.807, 2.05) is 60.7 Å². The summed E-state index contributed by atoms with van der Waals surface area (Å²) in [5.74, 6) is -1.71. The van der Waals surface area contributed by atoms with Crippen molar-refractivity contribution >= 4 is 17.9 Å². The molecule has 0 aliphatic heterocycles. The van der Waals surface area contributed by atoms with E-state index >= 15 is 0 Å². The van der Waals surface area contributed by atoms with E-state index in [2.05, 4.69) is 11.1 Å². The quantitative estimate of drug-likeness (QED) is 0.252. The van der Waals surface area contributed by atoms with Crippen molar-refractivity contribution in [1.82, 2.24) is 5.32 Å². The Balaban J connectivity index is 2.04. The number of carbonyl (C=O) groups excluding carboxylic acids is 3. The maximum Gasteiger partial charge on any atom is 0.324 e. The van der Waals surface area contributed by atoms with E-state index in [0.29, 0.717) is 6.42 Å². The van der Waals surface area contributed by atoms with Gasteiger partial charge in [0.1, 0.15) is 25.3 Å². The molecule has 0 saturated carbocycles. The van der Waals surface area contributed by atoms with Gasteiger partial charge in [-0.1, -0.05) is 60.7 Å². The first-order valence-corrected chi connectivity index (χ1v) is 11.1. The van der Waals surface area contributed by atoms with Crippen LogP contribution in [0.25, 0.3) is 0 Å². The second-order valence-electron chi connectivity index (χ2n) is 7.59. The number of unbranched alkanes of at least 4 members (excludes halogenated alkanes) is 1. The average molecular weight is 458 g/mol. The minimum Gasteiger partial charge on any atom is -0.468 e. The Bertz CT molecular complexity index is 860. The van der Waals surface area contributed by atoms with Crippen molar-refractivity contribution in [3.63, 3.8) is 0 Å². The summed E-state index contributed by atoms with van der Waals surface area (Å²) in [6.07, 6.45) is 1.73. The number of hydrogen-bond acceptors (Lipinski definition) is 7. The monoisotopic (exact) mass is 457 g/mol. The largest absolute Gasteiger partial charge is 0.468 e. The van der Waals surface area contributed by atoms with Crippen LogP contribution in [0.3, 0.4) is 0 Å². The molecule has 0 saturated heterocycles. The normalized spacial score (nSPS) is 12.4. The molecule has 2 aromatic carbocycles. The van der Waals surface area contributed by atoms with E-state index < -0.39 is 30.0 Å². The van der Waals surface area contributed by atoms with Crippen molar-refractivity contribution in [2.75, 3.05) is 13.7 Å². The summed E-state index contributed by atoms with van der Waals surface area (Å²) < 4.78 is 15.6. The van der Waals surface area contributed by atoms with Gasteiger partial charge < -0.3 is 19.9 Å². The lowest BCUT2D eigenvalue weighted by Gasteiger charge is -2.23. The maximum absolute atomic E-state index is 12.8. The molecule has 0 aromatic heterocycles. The van der Waals surface area contributed by atoms with Crippen LogP contribution in [-0.4, -0.2) is 43.6 Å². The van der Waals surface area contributed by atoms with Crippen molar-refractivity contribution in [3.05, 3.63) is 71.8 Å². The summed E-state index contributed by atoms with van der Waals surface area (Å²) in [7, 11) is 1.29. The van der Waals surface area contributed by atoms with Crippen molar-refractivity contribution in [1.29, 1.82) is 0 Å². The topological polar surface area (TPSA) is 119 Å². The van der Waals surface area contributed by atoms with Gasteiger partial charge in [-0.05, 0) is 30.4 Å². The summed E-state index contributed by atoms with van der Waals surface area (Å²) in [6.45, 7) is 0.888. The number of ether oxygens (including phenoxy) is 3. The Morgan fingerprint density at radius 1 is 0.818 bits per heavy atom. The lowest BCUT2D eigenvalue weighted by molar-refractivity contribution is -0.368. The second kappa shape index (κ2) is 14.8. The first-order chi connectivity index (χ1) is 16.0. The predicted octanol–water partition coefficient (Wildman–Crippen LogP) is 1.78. The number of hydrogen-bond donors (Lipinski definition) is 2. The lowest BCUT2D eigenvalue weighted by Crippen LogP contribution is -2.51. The summed E-state index contributed by atoms with van der Waals surface area (Å²) in [6, 6.07) is 16.7. The molecule has 178 valence electrons. The molecule has 0 heterocycles. The molecule has 2 unspecified atom stereocenters. The molecule has 8 heteroatoms. The zero-order valence-corrected chi connectivity index (χ0v) is 19.0. The van der Waals surface area contributed by atoms with E-state index in [0.717, 1.165) is 30.5 Å². The van der Waals surface area contributed by atoms with E-state index in [9.17, 15) is 14.4 Å². The van der Waals surface area contributed by atoms with Gasteiger partial charge in [0.15, 0.2) is 0 Å². The highest BCUT2D eigenvalue weighted by Gasteiger charge is 2.30. The highest BCUT2D eigenvalue weighted by Crippen LogP contribution is 2.10. The molecular formula is C25H33N2O6+. The Morgan fingerprint density at radius 3 is 1.94 bits per heavy atom. The number of methoxy groups -OCH3 is 1. The molecule has 0 aliphatic rings. The van der Waals surface area contributed by atoms with E-state index in [1.54, 1.807) is 0 Å². The number of esters is 3. The van der Waals surface area contributed by atoms with Gasteiger partial charge in [-0.25, -0.2) is 0 Å². The summed E-state index contributed by atoms with van der Waals surface area (Å²) in [5.41, 5.74) is 5.45. The Kier molecular flexibility index (Phi) is 11.6. The fourth-order valence-corrected chi connectivity index (χ4v) is 3.18. The van der Waals surface area contributed by atoms with Crippen LogP contribution in [0.15, 0.2) is 60.7 Å². The predicted molar refractivity (Wildman–Crippen MR) is 121 cm³/mol. The molecule has 0 amide bonds. The maximum atomic E-state index is 12.8. The van der Waals surface area contributed by atoms with Crippen LogP contribution < -0.4 is 11.1 Å². The highest BCUT2D eigenvalue weighted by molar-refractivity contribution is 5.84. The number of quaternary nitrogens is 1. The van der Waals surface area contributed by atoms with Gasteiger partial charge in [0, 0.05) is 0 Å². The fourth-order valence-electron chi connectivity index (χ4n) is 3.18. The fraction of sp³-hybridized carbons (Fsp3) is 0.400. The minimum atomic E-state index is -1.05. The number of carbonyl (C=O) groups is 3. The molecule has 0 fully saturated rings. The third-order valence-electron chi connectivity index (χ3n) is 5.00. The standard InChI is InChI=1S/C25H32N2O6/c1-31-24(29)21(14-8-9-15-26)27-22(25(30)33-18-20-12-6-3-7-13-20)16-23(28)32-17-19-10-4-2-5-11-19/h2-7,10-13,21-22,27H,8-9,14-18,26H2,1H3/p+1. The second-order valence-corrected chi connectivity index (χ2v) is 7.59. The molecule has 4 N–H and O–H groups in total. The SMILES string of the molecule is COC(=O)C(CCCC[NH3+])NC(CC(=O)OCc1ccccc1)C(=O)OCc1ccccc1. The van der Waals surface area contributed by atoms with Gasteiger partial charge in [0.25, 0.3) is 0 Å². The molecule has 0 bridgehead atoms. The van der Waals surface area contributed by atoms with Crippen LogP contribution in [-0.2, 0) is 41.8 Å². The highest BCUT2D eigenvalue weighted by atomic mass is 16.5. The third kappa shape index (κ3) is 9.84. The molecule has 33 heavy (non-hydrogen) atoms. The molecule has 0 aliphatic carbocycles. The number of benzene rings is 2. The van der Waals surface area contributed by atoms with Gasteiger partial charge in [-0.2, -0.15) is 0 Å². The van der Waals surface area contributed by atoms with E-state index in [1.165, 1.54) is 7.11 Å². The van der Waals surface area contributed by atoms with Gasteiger partial charge in [-0.15, -0.1) is 0 Å². The van der Waals surface area contributed by atoms with Crippen molar-refractivity contribution in [3.8, 4) is 0 Å². The molecule has 0 radical (unpaired) electrons. The number of nitrogens with one attached hydrogen (secondary N) is 1. The van der Waals surface area contributed by atoms with Crippen LogP contribution in [0.4, 0.5) is 0 Å². The van der Waals surface area contributed by atoms with Crippen LogP contribution in [0.1, 0.15) is 36.8 Å². The Morgan fingerprint density at radius 2 is 1.39 bits per heavy atom. The smallest absolute Gasteiger partial charge is 0.324 e. The summed E-state index contributed by atoms with van der Waals surface area (Å²) >= 11 is 0. The van der Waals surface area contributed by atoms with Crippen molar-refractivity contribution < 1.29 is 34.3 Å². The molecule has 0 spiro atoms. The molecule has 8 nitrogen and oxygen atoms in total. The first-order valence-electron chi connectivity index (χ1n) is 11.1. The lowest BCUT2D eigenvalue weighted by atomic mass is 10.1. The van der Waals surface area contributed by atoms with Crippen molar-refractivity contribution in [2.24, 2.45) is 0 Å². The average Bonchev–Trinajstić information content (AvgIpc) is 2.85. The van der Waals surface area contributed by atoms with Crippen LogP contribution >= 0.6 is 0 Å². The van der Waals surface area contributed by atoms with Gasteiger partial charge in [-0.3, -0.25) is 19.7 Å². The van der Waals surface area contributed by atoms with Crippen molar-refractivity contribution in [2.45, 2.75) is 51.0 Å². The van der Waals surface area contributed by atoms with E-state index in [4.69, 9.17) is 14.2 Å². The van der Waals surface area contributed by atoms with Crippen LogP contribution in [0.2, 0.25) is 0 Å². The van der Waals surface area contributed by atoms with Gasteiger partial charge in [0.2, 0.25) is 0 Å². The molecule has 2 aromatic rings. The Labute approximate surface area is 194 Å². The molecule has 2 atom stereocenters. The third-order valence-corrected chi connectivity index (χ3v) is 5.00. The van der Waals surface area contributed by atoms with Gasteiger partial charge >= 0.3 is 17.9 Å². The summed E-state index contributed by atoms with van der Waals surface area (Å²) in [5, 5.41) is 2.96. The Hall–Kier alpha value is -3.23. The molecular weight excluding hydrogens is 424 g/mol. The summed E-state index contributed by atoms with van der Waals surface area (Å²) in [4.78, 5) is 37.6.